The molecule has 28 heavy (non-hydrogen) atoms. The van der Waals surface area contributed by atoms with Crippen LogP contribution in [-0.2, 0) is 4.79 Å². The molecule has 1 unspecified atom stereocenters. The lowest BCUT2D eigenvalue weighted by atomic mass is 9.94. The minimum absolute atomic E-state index is 0.0307. The highest BCUT2D eigenvalue weighted by atomic mass is 35.5. The Bertz CT molecular complexity index is 742. The fourth-order valence-corrected chi connectivity index (χ4v) is 4.57. The highest BCUT2D eigenvalue weighted by Crippen LogP contribution is 2.53. The molecule has 1 N–H and O–H groups in total. The van der Waals surface area contributed by atoms with E-state index in [0.717, 1.165) is 26.2 Å². The summed E-state index contributed by atoms with van der Waals surface area (Å²) in [6.07, 6.45) is 5.45. The van der Waals surface area contributed by atoms with Crippen molar-refractivity contribution < 1.29 is 9.59 Å². The average molecular weight is 405 g/mol. The van der Waals surface area contributed by atoms with Gasteiger partial charge in [-0.05, 0) is 69.3 Å². The Balaban J connectivity index is 1.26. The number of anilines is 1. The number of amides is 3. The zero-order chi connectivity index (χ0) is 19.7. The summed E-state index contributed by atoms with van der Waals surface area (Å²) in [4.78, 5) is 31.4. The first-order valence-electron chi connectivity index (χ1n) is 10.3. The van der Waals surface area contributed by atoms with Gasteiger partial charge >= 0.3 is 6.03 Å². The second kappa shape index (κ2) is 7.91. The average Bonchev–Trinajstić information content (AvgIpc) is 3.43. The Hall–Kier alpha value is -1.79. The molecule has 1 aromatic carbocycles. The number of nitrogens with one attached hydrogen (secondary N) is 1. The van der Waals surface area contributed by atoms with Gasteiger partial charge in [0.15, 0.2) is 0 Å². The van der Waals surface area contributed by atoms with Gasteiger partial charge in [0.1, 0.15) is 6.04 Å². The van der Waals surface area contributed by atoms with E-state index in [1.807, 2.05) is 11.8 Å². The molecule has 0 radical (unpaired) electrons. The minimum atomic E-state index is -0.455. The van der Waals surface area contributed by atoms with Crippen molar-refractivity contribution in [1.82, 2.24) is 14.7 Å². The molecule has 2 aliphatic heterocycles. The predicted octanol–water partition coefficient (Wildman–Crippen LogP) is 3.28. The summed E-state index contributed by atoms with van der Waals surface area (Å²) in [7, 11) is 0. The number of nitrogens with zero attached hydrogens (tertiary/aromatic N) is 3. The van der Waals surface area contributed by atoms with Crippen molar-refractivity contribution in [2.75, 3.05) is 44.6 Å². The number of urea groups is 1. The van der Waals surface area contributed by atoms with Gasteiger partial charge in [-0.2, -0.15) is 0 Å². The Morgan fingerprint density at radius 3 is 2.57 bits per heavy atom. The lowest BCUT2D eigenvalue weighted by molar-refractivity contribution is -0.139. The van der Waals surface area contributed by atoms with Crippen molar-refractivity contribution in [3.63, 3.8) is 0 Å². The molecule has 0 bridgehead atoms. The topological polar surface area (TPSA) is 55.9 Å². The van der Waals surface area contributed by atoms with Gasteiger partial charge in [-0.3, -0.25) is 4.79 Å². The molecule has 2 heterocycles. The van der Waals surface area contributed by atoms with Crippen LogP contribution in [0.3, 0.4) is 0 Å². The molecule has 1 aliphatic carbocycles. The van der Waals surface area contributed by atoms with Crippen LogP contribution in [0.25, 0.3) is 0 Å². The van der Waals surface area contributed by atoms with E-state index in [2.05, 4.69) is 10.2 Å². The van der Waals surface area contributed by atoms with E-state index < -0.39 is 6.04 Å². The molecule has 4 rings (SSSR count). The second-order valence-corrected chi connectivity index (χ2v) is 8.91. The fourth-order valence-electron chi connectivity index (χ4n) is 4.38. The van der Waals surface area contributed by atoms with E-state index in [-0.39, 0.29) is 11.9 Å². The van der Waals surface area contributed by atoms with E-state index in [0.29, 0.717) is 29.2 Å². The molecule has 1 atom stereocenters. The first kappa shape index (κ1) is 19.5. The number of hydrogen-bond acceptors (Lipinski definition) is 3. The number of hydrogen-bond donors (Lipinski definition) is 1. The molecule has 1 aromatic rings. The maximum absolute atomic E-state index is 12.8. The molecular weight excluding hydrogens is 376 g/mol. The monoisotopic (exact) mass is 404 g/mol. The minimum Gasteiger partial charge on any atom is -0.338 e. The highest BCUT2D eigenvalue weighted by molar-refractivity contribution is 6.30. The van der Waals surface area contributed by atoms with Crippen LogP contribution in [0.1, 0.15) is 32.6 Å². The summed E-state index contributed by atoms with van der Waals surface area (Å²) in [5, 5.41) is 3.41. The van der Waals surface area contributed by atoms with Gasteiger partial charge in [0.2, 0.25) is 5.91 Å². The number of piperidine rings is 1. The normalized spacial score (nSPS) is 24.5. The van der Waals surface area contributed by atoms with Crippen LogP contribution >= 0.6 is 11.6 Å². The van der Waals surface area contributed by atoms with Gasteiger partial charge in [-0.25, -0.2) is 4.79 Å². The second-order valence-electron chi connectivity index (χ2n) is 8.48. The summed E-state index contributed by atoms with van der Waals surface area (Å²) in [5.41, 5.74) is 1.32. The maximum Gasteiger partial charge on any atom is 0.322 e. The fraction of sp³-hybridized carbons (Fsp3) is 0.619. The van der Waals surface area contributed by atoms with E-state index in [9.17, 15) is 9.59 Å². The first-order chi connectivity index (χ1) is 13.5. The van der Waals surface area contributed by atoms with E-state index in [4.69, 9.17) is 11.6 Å². The van der Waals surface area contributed by atoms with Gasteiger partial charge in [0.25, 0.3) is 0 Å². The summed E-state index contributed by atoms with van der Waals surface area (Å²) in [6.45, 7) is 6.94. The Morgan fingerprint density at radius 1 is 1.14 bits per heavy atom. The smallest absolute Gasteiger partial charge is 0.322 e. The van der Waals surface area contributed by atoms with Crippen molar-refractivity contribution >= 4 is 29.2 Å². The van der Waals surface area contributed by atoms with Crippen LogP contribution in [-0.4, -0.2) is 71.9 Å². The Kier molecular flexibility index (Phi) is 5.52. The Morgan fingerprint density at radius 2 is 1.89 bits per heavy atom. The van der Waals surface area contributed by atoms with E-state index >= 15 is 0 Å². The van der Waals surface area contributed by atoms with Crippen LogP contribution in [0.15, 0.2) is 24.3 Å². The molecule has 6 nitrogen and oxygen atoms in total. The third-order valence-electron chi connectivity index (χ3n) is 6.64. The number of carbonyl (C=O) groups is 2. The number of carbonyl (C=O) groups excluding carboxylic acids is 2. The van der Waals surface area contributed by atoms with Crippen LogP contribution in [0, 0.1) is 5.41 Å². The van der Waals surface area contributed by atoms with Crippen molar-refractivity contribution in [3.05, 3.63) is 29.3 Å². The summed E-state index contributed by atoms with van der Waals surface area (Å²) < 4.78 is 0. The molecular formula is C21H29ClN4O2. The zero-order valence-corrected chi connectivity index (χ0v) is 17.2. The van der Waals surface area contributed by atoms with Crippen LogP contribution < -0.4 is 5.32 Å². The van der Waals surface area contributed by atoms with Crippen LogP contribution in [0.5, 0.6) is 0 Å². The number of likely N-dealkylation sites (tertiary alicyclic amines) is 1. The molecule has 7 heteroatoms. The van der Waals surface area contributed by atoms with Crippen LogP contribution in [0.4, 0.5) is 10.5 Å². The van der Waals surface area contributed by atoms with Gasteiger partial charge in [-0.15, -0.1) is 0 Å². The largest absolute Gasteiger partial charge is 0.338 e. The quantitative estimate of drug-likeness (QED) is 0.837. The molecule has 1 spiro atoms. The van der Waals surface area contributed by atoms with Gasteiger partial charge in [0, 0.05) is 36.9 Å². The zero-order valence-electron chi connectivity index (χ0n) is 16.5. The molecule has 1 saturated carbocycles. The Labute approximate surface area is 171 Å². The third-order valence-corrected chi connectivity index (χ3v) is 6.88. The highest BCUT2D eigenvalue weighted by Gasteiger charge is 2.44. The molecule has 2 saturated heterocycles. The number of benzene rings is 1. The van der Waals surface area contributed by atoms with Crippen molar-refractivity contribution in [3.8, 4) is 0 Å². The molecule has 3 amide bonds. The summed E-state index contributed by atoms with van der Waals surface area (Å²) in [6, 6.07) is 6.33. The van der Waals surface area contributed by atoms with E-state index in [1.165, 1.54) is 25.7 Å². The lowest BCUT2D eigenvalue weighted by Crippen LogP contribution is -2.59. The number of rotatable bonds is 4. The first-order valence-corrected chi connectivity index (χ1v) is 10.7. The lowest BCUT2D eigenvalue weighted by Gasteiger charge is -2.40. The number of halogens is 1. The van der Waals surface area contributed by atoms with Crippen LogP contribution in [0.2, 0.25) is 5.02 Å². The van der Waals surface area contributed by atoms with Gasteiger partial charge in [0.05, 0.1) is 0 Å². The molecule has 152 valence electrons. The van der Waals surface area contributed by atoms with Crippen molar-refractivity contribution in [1.29, 1.82) is 0 Å². The van der Waals surface area contributed by atoms with Crippen molar-refractivity contribution in [2.45, 2.75) is 38.6 Å². The van der Waals surface area contributed by atoms with Crippen molar-refractivity contribution in [2.24, 2.45) is 5.41 Å². The molecule has 3 fully saturated rings. The summed E-state index contributed by atoms with van der Waals surface area (Å²) in [5.74, 6) is 0.0307. The van der Waals surface area contributed by atoms with Gasteiger partial charge < -0.3 is 20.0 Å². The standard InChI is InChI=1S/C21H29ClN4O2/c1-16-19(27)25(12-11-24-9-7-21(5-6-21)8-10-24)13-14-26(16)20(28)23-18-4-2-3-17(22)15-18/h2-4,15-16H,5-14H2,1H3,(H,23,28). The maximum atomic E-state index is 12.8. The van der Waals surface area contributed by atoms with Gasteiger partial charge in [-0.1, -0.05) is 17.7 Å². The molecule has 0 aromatic heterocycles. The number of piperazine rings is 1. The SMILES string of the molecule is CC1C(=O)N(CCN2CCC3(CC2)CC3)CCN1C(=O)Nc1cccc(Cl)c1. The van der Waals surface area contributed by atoms with E-state index in [1.54, 1.807) is 29.2 Å². The third kappa shape index (κ3) is 4.28. The molecule has 3 aliphatic rings. The summed E-state index contributed by atoms with van der Waals surface area (Å²) >= 11 is 5.97. The predicted molar refractivity (Wildman–Crippen MR) is 111 cm³/mol.